The Hall–Kier alpha value is -0.120. The van der Waals surface area contributed by atoms with Gasteiger partial charge in [0.15, 0.2) is 0 Å². The Labute approximate surface area is 167 Å². The van der Waals surface area contributed by atoms with Gasteiger partial charge in [0.1, 0.15) is 0 Å². The molecule has 3 aliphatic rings. The van der Waals surface area contributed by atoms with Gasteiger partial charge in [-0.05, 0) is 64.7 Å². The van der Waals surface area contributed by atoms with E-state index in [2.05, 4.69) is 35.6 Å². The van der Waals surface area contributed by atoms with Crippen molar-refractivity contribution >= 4 is 0 Å². The van der Waals surface area contributed by atoms with Crippen molar-refractivity contribution in [3.8, 4) is 0 Å². The quantitative estimate of drug-likeness (QED) is 0.639. The molecule has 0 aromatic heterocycles. The summed E-state index contributed by atoms with van der Waals surface area (Å²) in [5, 5.41) is 0. The number of likely N-dealkylation sites (N-methyl/N-ethyl adjacent to an activating group) is 1. The molecule has 3 nitrogen and oxygen atoms in total. The summed E-state index contributed by atoms with van der Waals surface area (Å²) in [6, 6.07) is 0.939. The highest BCUT2D eigenvalue weighted by Gasteiger charge is 2.31. The molecule has 3 rings (SSSR count). The van der Waals surface area contributed by atoms with Crippen molar-refractivity contribution in [3.05, 3.63) is 0 Å². The van der Waals surface area contributed by atoms with Crippen molar-refractivity contribution in [2.75, 3.05) is 52.9 Å². The Bertz CT molecular complexity index is 250. The molecule has 0 N–H and O–H groups in total. The van der Waals surface area contributed by atoms with E-state index in [0.29, 0.717) is 0 Å². The van der Waals surface area contributed by atoms with Gasteiger partial charge < -0.3 is 9.80 Å². The van der Waals surface area contributed by atoms with E-state index in [1.807, 2.05) is 41.5 Å². The number of hydrogen-bond donors (Lipinski definition) is 0. The minimum atomic E-state index is 0.939. The summed E-state index contributed by atoms with van der Waals surface area (Å²) >= 11 is 0. The van der Waals surface area contributed by atoms with Crippen molar-refractivity contribution in [1.29, 1.82) is 0 Å². The zero-order valence-electron chi connectivity index (χ0n) is 20.0. The topological polar surface area (TPSA) is 9.72 Å². The summed E-state index contributed by atoms with van der Waals surface area (Å²) in [5.74, 6) is 0.995. The van der Waals surface area contributed by atoms with Gasteiger partial charge in [0.25, 0.3) is 0 Å². The molecule has 0 aromatic carbocycles. The smallest absolute Gasteiger partial charge is 0.0113 e. The molecule has 2 saturated heterocycles. The molecule has 3 fully saturated rings. The summed E-state index contributed by atoms with van der Waals surface area (Å²) < 4.78 is 0. The fourth-order valence-corrected chi connectivity index (χ4v) is 3.67. The molecule has 2 aliphatic heterocycles. The third kappa shape index (κ3) is 12.3. The lowest BCUT2D eigenvalue weighted by Crippen LogP contribution is -2.52. The van der Waals surface area contributed by atoms with Crippen LogP contribution in [-0.4, -0.2) is 73.6 Å². The first kappa shape index (κ1) is 28.1. The van der Waals surface area contributed by atoms with Crippen molar-refractivity contribution in [2.24, 2.45) is 5.92 Å². The van der Waals surface area contributed by atoms with E-state index in [1.54, 1.807) is 0 Å². The van der Waals surface area contributed by atoms with E-state index in [9.17, 15) is 0 Å². The second-order valence-electron chi connectivity index (χ2n) is 7.12. The number of nitrogens with zero attached hydrogens (tertiary/aromatic N) is 3. The molecule has 0 aromatic rings. The third-order valence-corrected chi connectivity index (χ3v) is 5.14. The van der Waals surface area contributed by atoms with Crippen molar-refractivity contribution in [2.45, 2.75) is 93.5 Å². The summed E-state index contributed by atoms with van der Waals surface area (Å²) in [6.07, 6.45) is 7.08. The van der Waals surface area contributed by atoms with Gasteiger partial charge in [-0.3, -0.25) is 4.90 Å². The normalized spacial score (nSPS) is 25.7. The Morgan fingerprint density at radius 2 is 1.19 bits per heavy atom. The van der Waals surface area contributed by atoms with Gasteiger partial charge in [-0.1, -0.05) is 55.4 Å². The zero-order chi connectivity index (χ0) is 20.4. The maximum Gasteiger partial charge on any atom is 0.0113 e. The molecular formula is C23H53N3. The Balaban J connectivity index is 0. The van der Waals surface area contributed by atoms with E-state index in [4.69, 9.17) is 0 Å². The number of likely N-dealkylation sites (tertiary alicyclic amines) is 1. The summed E-state index contributed by atoms with van der Waals surface area (Å²) in [4.78, 5) is 7.65. The van der Waals surface area contributed by atoms with Gasteiger partial charge in [-0.2, -0.15) is 0 Å². The van der Waals surface area contributed by atoms with Crippen LogP contribution in [0.4, 0.5) is 0 Å². The van der Waals surface area contributed by atoms with Crippen LogP contribution in [0.3, 0.4) is 0 Å². The zero-order valence-corrected chi connectivity index (χ0v) is 20.0. The van der Waals surface area contributed by atoms with E-state index < -0.39 is 0 Å². The molecular weight excluding hydrogens is 318 g/mol. The maximum atomic E-state index is 2.68. The van der Waals surface area contributed by atoms with Crippen LogP contribution >= 0.6 is 0 Å². The van der Waals surface area contributed by atoms with E-state index >= 15 is 0 Å². The lowest BCUT2D eigenvalue weighted by Gasteiger charge is -2.45. The standard InChI is InChI=1S/C10H20N2.C7H15N.3C2H6/c1-9-7-10(8-9)12-5-3-11(2)4-6-12;1-2-5-8-6-3-4-7-8;3*1-2/h9-10H,3-8H2,1-2H3;2-7H2,1H3;3*1-2H3. The van der Waals surface area contributed by atoms with Gasteiger partial charge >= 0.3 is 0 Å². The molecule has 2 heterocycles. The molecule has 0 atom stereocenters. The Kier molecular flexibility index (Phi) is 21.2. The molecule has 1 aliphatic carbocycles. The monoisotopic (exact) mass is 371 g/mol. The van der Waals surface area contributed by atoms with Gasteiger partial charge in [-0.15, -0.1) is 0 Å². The van der Waals surface area contributed by atoms with Crippen LogP contribution in [0.5, 0.6) is 0 Å². The number of rotatable bonds is 3. The first-order valence-corrected chi connectivity index (χ1v) is 11.8. The van der Waals surface area contributed by atoms with E-state index in [1.165, 1.54) is 77.9 Å². The van der Waals surface area contributed by atoms with Crippen LogP contribution in [-0.2, 0) is 0 Å². The van der Waals surface area contributed by atoms with Crippen molar-refractivity contribution in [3.63, 3.8) is 0 Å². The maximum absolute atomic E-state index is 2.68. The van der Waals surface area contributed by atoms with Gasteiger partial charge in [-0.25, -0.2) is 0 Å². The predicted octanol–water partition coefficient (Wildman–Crippen LogP) is 5.60. The van der Waals surface area contributed by atoms with Crippen LogP contribution in [0, 0.1) is 5.92 Å². The minimum Gasteiger partial charge on any atom is -0.304 e. The first-order valence-electron chi connectivity index (χ1n) is 11.8. The van der Waals surface area contributed by atoms with Crippen LogP contribution in [0.25, 0.3) is 0 Å². The Morgan fingerprint density at radius 3 is 1.58 bits per heavy atom. The van der Waals surface area contributed by atoms with Crippen LogP contribution in [0.1, 0.15) is 87.5 Å². The van der Waals surface area contributed by atoms with Gasteiger partial charge in [0.05, 0.1) is 0 Å². The Morgan fingerprint density at radius 1 is 0.731 bits per heavy atom. The van der Waals surface area contributed by atoms with E-state index in [-0.39, 0.29) is 0 Å². The summed E-state index contributed by atoms with van der Waals surface area (Å²) in [5.41, 5.74) is 0. The molecule has 3 heteroatoms. The van der Waals surface area contributed by atoms with E-state index in [0.717, 1.165) is 12.0 Å². The highest BCUT2D eigenvalue weighted by Crippen LogP contribution is 2.31. The second kappa shape index (κ2) is 19.6. The molecule has 0 spiro atoms. The number of hydrogen-bond acceptors (Lipinski definition) is 3. The van der Waals surface area contributed by atoms with Crippen LogP contribution in [0.2, 0.25) is 0 Å². The lowest BCUT2D eigenvalue weighted by atomic mass is 9.80. The fourth-order valence-electron chi connectivity index (χ4n) is 3.67. The average Bonchev–Trinajstić information content (AvgIpc) is 3.19. The molecule has 0 bridgehead atoms. The highest BCUT2D eigenvalue weighted by atomic mass is 15.3. The van der Waals surface area contributed by atoms with Crippen LogP contribution < -0.4 is 0 Å². The molecule has 160 valence electrons. The first-order chi connectivity index (χ1) is 12.7. The third-order valence-electron chi connectivity index (χ3n) is 5.14. The second-order valence-corrected chi connectivity index (χ2v) is 7.12. The lowest BCUT2D eigenvalue weighted by molar-refractivity contribution is 0.0457. The molecule has 1 saturated carbocycles. The minimum absolute atomic E-state index is 0.939. The average molecular weight is 372 g/mol. The molecule has 0 unspecified atom stereocenters. The van der Waals surface area contributed by atoms with Crippen LogP contribution in [0.15, 0.2) is 0 Å². The molecule has 0 amide bonds. The van der Waals surface area contributed by atoms with Gasteiger partial charge in [0, 0.05) is 32.2 Å². The van der Waals surface area contributed by atoms with Gasteiger partial charge in [0.2, 0.25) is 0 Å². The predicted molar refractivity (Wildman–Crippen MR) is 121 cm³/mol. The largest absolute Gasteiger partial charge is 0.304 e. The highest BCUT2D eigenvalue weighted by molar-refractivity contribution is 4.87. The number of piperazine rings is 1. The SMILES string of the molecule is CC.CC.CC.CC1CC(N2CCN(C)CC2)C1.CCCN1CCCC1. The molecule has 0 radical (unpaired) electrons. The van der Waals surface area contributed by atoms with Crippen molar-refractivity contribution in [1.82, 2.24) is 14.7 Å². The fraction of sp³-hybridized carbons (Fsp3) is 1.00. The molecule has 26 heavy (non-hydrogen) atoms. The summed E-state index contributed by atoms with van der Waals surface area (Å²) in [6.45, 7) is 25.8. The summed E-state index contributed by atoms with van der Waals surface area (Å²) in [7, 11) is 2.22. The van der Waals surface area contributed by atoms with Crippen molar-refractivity contribution < 1.29 is 0 Å².